The second-order valence-corrected chi connectivity index (χ2v) is 5.56. The van der Waals surface area contributed by atoms with E-state index in [1.165, 1.54) is 6.92 Å². The lowest BCUT2D eigenvalue weighted by molar-refractivity contribution is -0.135. The van der Waals surface area contributed by atoms with Gasteiger partial charge in [-0.15, -0.1) is 0 Å². The van der Waals surface area contributed by atoms with Crippen LogP contribution in [-0.4, -0.2) is 43.5 Å². The van der Waals surface area contributed by atoms with Gasteiger partial charge in [0, 0.05) is 20.6 Å². The lowest BCUT2D eigenvalue weighted by atomic mass is 10.1. The Balaban J connectivity index is 3.98. The minimum Gasteiger partial charge on any atom is -0.379 e. The average Bonchev–Trinajstić information content (AvgIpc) is 2.25. The minimum absolute atomic E-state index is 0.239. The highest BCUT2D eigenvalue weighted by molar-refractivity contribution is 5.82. The van der Waals surface area contributed by atoms with Crippen LogP contribution in [0.2, 0.25) is 0 Å². The van der Waals surface area contributed by atoms with Crippen LogP contribution in [0, 0.1) is 0 Å². The molecule has 0 aliphatic carbocycles. The molecule has 0 radical (unpaired) electrons. The molecule has 0 aromatic heterocycles. The van der Waals surface area contributed by atoms with Crippen LogP contribution < -0.4 is 5.32 Å². The molecule has 0 atom stereocenters. The quantitative estimate of drug-likeness (QED) is 0.567. The first-order valence-corrected chi connectivity index (χ1v) is 6.23. The smallest absolute Gasteiger partial charge is 0.379 e. The molecule has 0 unspecified atom stereocenters. The number of methoxy groups -OCH3 is 1. The van der Waals surface area contributed by atoms with E-state index in [0.717, 1.165) is 6.42 Å². The summed E-state index contributed by atoms with van der Waals surface area (Å²) in [6, 6.07) is 0. The van der Waals surface area contributed by atoms with Gasteiger partial charge in [0.1, 0.15) is 0 Å². The summed E-state index contributed by atoms with van der Waals surface area (Å²) in [5.74, 6) is -0.641. The van der Waals surface area contributed by atoms with Crippen LogP contribution in [0.5, 0.6) is 0 Å². The highest BCUT2D eigenvalue weighted by Gasteiger charge is 2.23. The third-order valence-electron chi connectivity index (χ3n) is 2.64. The number of ether oxygens (including phenoxy) is 3. The van der Waals surface area contributed by atoms with E-state index in [9.17, 15) is 9.59 Å². The topological polar surface area (TPSA) is 73.9 Å². The van der Waals surface area contributed by atoms with E-state index in [1.54, 1.807) is 7.11 Å². The Morgan fingerprint density at radius 2 is 1.68 bits per heavy atom. The van der Waals surface area contributed by atoms with E-state index in [4.69, 9.17) is 9.47 Å². The molecule has 1 N–H and O–H groups in total. The first-order valence-electron chi connectivity index (χ1n) is 6.23. The number of carbonyl (C=O) groups excluding carboxylic acids is 2. The number of hydrogen-bond acceptors (Lipinski definition) is 5. The van der Waals surface area contributed by atoms with Gasteiger partial charge in [0.25, 0.3) is 0 Å². The zero-order chi connectivity index (χ0) is 15.1. The summed E-state index contributed by atoms with van der Waals surface area (Å²) in [5, 5.41) is 2.48. The van der Waals surface area contributed by atoms with Gasteiger partial charge in [-0.1, -0.05) is 0 Å². The number of nitrogens with one attached hydrogen (secondary N) is 1. The lowest BCUT2D eigenvalue weighted by Crippen LogP contribution is -2.42. The van der Waals surface area contributed by atoms with Gasteiger partial charge >= 0.3 is 12.1 Å². The highest BCUT2D eigenvalue weighted by Crippen LogP contribution is 2.15. The molecule has 0 aromatic rings. The van der Waals surface area contributed by atoms with E-state index in [-0.39, 0.29) is 12.1 Å². The van der Waals surface area contributed by atoms with Gasteiger partial charge in [-0.25, -0.2) is 4.79 Å². The number of alkyl carbamates (subject to hydrolysis) is 1. The van der Waals surface area contributed by atoms with Crippen molar-refractivity contribution in [1.29, 1.82) is 0 Å². The van der Waals surface area contributed by atoms with Crippen molar-refractivity contribution in [3.63, 3.8) is 0 Å². The van der Waals surface area contributed by atoms with E-state index in [1.807, 2.05) is 27.7 Å². The van der Waals surface area contributed by atoms with Crippen molar-refractivity contribution in [2.45, 2.75) is 52.2 Å². The van der Waals surface area contributed by atoms with Crippen LogP contribution in [0.3, 0.4) is 0 Å². The molecule has 0 saturated carbocycles. The van der Waals surface area contributed by atoms with E-state index in [0.29, 0.717) is 6.61 Å². The van der Waals surface area contributed by atoms with E-state index in [2.05, 4.69) is 10.1 Å². The van der Waals surface area contributed by atoms with Gasteiger partial charge in [-0.05, 0) is 34.1 Å². The molecule has 0 spiro atoms. The van der Waals surface area contributed by atoms with Crippen molar-refractivity contribution < 1.29 is 23.8 Å². The van der Waals surface area contributed by atoms with Crippen LogP contribution in [0.4, 0.5) is 4.79 Å². The maximum atomic E-state index is 11.1. The van der Waals surface area contributed by atoms with Crippen molar-refractivity contribution in [1.82, 2.24) is 5.32 Å². The molecule has 1 amide bonds. The number of carbonyl (C=O) groups is 2. The van der Waals surface area contributed by atoms with Gasteiger partial charge in [-0.2, -0.15) is 0 Å². The van der Waals surface area contributed by atoms with Crippen LogP contribution >= 0.6 is 0 Å². The summed E-state index contributed by atoms with van der Waals surface area (Å²) in [4.78, 5) is 21.7. The standard InChI is InChI=1S/C13H25NO5/c1-10(15)19-11(16)14-9-13(4,5)18-8-7-12(2,3)17-6/h7-9H2,1-6H3,(H,14,16). The third kappa shape index (κ3) is 9.44. The molecular weight excluding hydrogens is 250 g/mol. The SMILES string of the molecule is COC(C)(C)CCOC(C)(C)CNC(=O)OC(C)=O. The van der Waals surface area contributed by atoms with Gasteiger partial charge in [0.05, 0.1) is 17.8 Å². The predicted molar refractivity (Wildman–Crippen MR) is 70.9 cm³/mol. The Bertz CT molecular complexity index is 312. The monoisotopic (exact) mass is 275 g/mol. The Hall–Kier alpha value is -1.14. The molecule has 0 heterocycles. The summed E-state index contributed by atoms with van der Waals surface area (Å²) in [6.45, 7) is 9.59. The normalized spacial score (nSPS) is 12.1. The lowest BCUT2D eigenvalue weighted by Gasteiger charge is -2.28. The van der Waals surface area contributed by atoms with Crippen molar-refractivity contribution in [2.75, 3.05) is 20.3 Å². The Labute approximate surface area is 114 Å². The second kappa shape index (κ2) is 7.45. The molecule has 0 aliphatic rings. The predicted octanol–water partition coefficient (Wildman–Crippen LogP) is 1.87. The molecule has 19 heavy (non-hydrogen) atoms. The van der Waals surface area contributed by atoms with Crippen molar-refractivity contribution in [3.8, 4) is 0 Å². The van der Waals surface area contributed by atoms with Gasteiger partial charge in [0.15, 0.2) is 0 Å². The van der Waals surface area contributed by atoms with Crippen LogP contribution in [0.25, 0.3) is 0 Å². The van der Waals surface area contributed by atoms with Gasteiger partial charge in [0.2, 0.25) is 0 Å². The molecule has 112 valence electrons. The molecule has 0 rings (SSSR count). The highest BCUT2D eigenvalue weighted by atomic mass is 16.6. The molecule has 6 nitrogen and oxygen atoms in total. The van der Waals surface area contributed by atoms with Gasteiger partial charge < -0.3 is 19.5 Å². The molecule has 0 aliphatic heterocycles. The molecule has 6 heteroatoms. The zero-order valence-corrected chi connectivity index (χ0v) is 12.7. The van der Waals surface area contributed by atoms with Crippen LogP contribution in [-0.2, 0) is 19.0 Å². The first kappa shape index (κ1) is 17.9. The number of hydrogen-bond donors (Lipinski definition) is 1. The zero-order valence-electron chi connectivity index (χ0n) is 12.7. The summed E-state index contributed by atoms with van der Waals surface area (Å²) in [5.41, 5.74) is -0.781. The van der Waals surface area contributed by atoms with Crippen molar-refractivity contribution >= 4 is 12.1 Å². The minimum atomic E-state index is -0.763. The Kier molecular flexibility index (Phi) is 7.00. The Morgan fingerprint density at radius 1 is 1.11 bits per heavy atom. The molecule has 0 aromatic carbocycles. The fraction of sp³-hybridized carbons (Fsp3) is 0.846. The Morgan fingerprint density at radius 3 is 2.16 bits per heavy atom. The molecule has 0 bridgehead atoms. The number of amides is 1. The summed E-state index contributed by atoms with van der Waals surface area (Å²) in [7, 11) is 1.66. The maximum Gasteiger partial charge on any atom is 0.414 e. The van der Waals surface area contributed by atoms with E-state index < -0.39 is 17.7 Å². The number of rotatable bonds is 7. The van der Waals surface area contributed by atoms with Gasteiger partial charge in [-0.3, -0.25) is 4.79 Å². The fourth-order valence-electron chi connectivity index (χ4n) is 1.18. The van der Waals surface area contributed by atoms with Crippen molar-refractivity contribution in [2.24, 2.45) is 0 Å². The number of esters is 1. The summed E-state index contributed by atoms with van der Waals surface area (Å²) in [6.07, 6.45) is -0.0217. The largest absolute Gasteiger partial charge is 0.414 e. The van der Waals surface area contributed by atoms with Crippen LogP contribution in [0.15, 0.2) is 0 Å². The summed E-state index contributed by atoms with van der Waals surface area (Å²) >= 11 is 0. The first-order chi connectivity index (χ1) is 8.58. The maximum absolute atomic E-state index is 11.1. The van der Waals surface area contributed by atoms with E-state index >= 15 is 0 Å². The third-order valence-corrected chi connectivity index (χ3v) is 2.64. The molecular formula is C13H25NO5. The summed E-state index contributed by atoms with van der Waals surface area (Å²) < 4.78 is 15.3. The second-order valence-electron chi connectivity index (χ2n) is 5.56. The van der Waals surface area contributed by atoms with Crippen LogP contribution in [0.1, 0.15) is 41.0 Å². The molecule has 0 fully saturated rings. The van der Waals surface area contributed by atoms with Crippen molar-refractivity contribution in [3.05, 3.63) is 0 Å². The average molecular weight is 275 g/mol. The fourth-order valence-corrected chi connectivity index (χ4v) is 1.18. The molecule has 0 saturated heterocycles.